The van der Waals surface area contributed by atoms with Gasteiger partial charge in [-0.3, -0.25) is 37.3 Å². The van der Waals surface area contributed by atoms with Gasteiger partial charge in [-0.05, 0) is 49.4 Å². The molecule has 17 nitrogen and oxygen atoms in total. The van der Waals surface area contributed by atoms with Gasteiger partial charge in [-0.2, -0.15) is 0 Å². The summed E-state index contributed by atoms with van der Waals surface area (Å²) in [6.45, 7) is 14.3. The van der Waals surface area contributed by atoms with Crippen LogP contribution in [0.2, 0.25) is 0 Å². The molecule has 0 aliphatic rings. The largest absolute Gasteiger partial charge is 0.472 e. The lowest BCUT2D eigenvalue weighted by Gasteiger charge is -2.21. The van der Waals surface area contributed by atoms with Gasteiger partial charge in [0.2, 0.25) is 0 Å². The molecule has 3 N–H and O–H groups in total. The first kappa shape index (κ1) is 98.1. The van der Waals surface area contributed by atoms with Crippen LogP contribution in [0.15, 0.2) is 0 Å². The minimum Gasteiger partial charge on any atom is -0.462 e. The summed E-state index contributed by atoms with van der Waals surface area (Å²) in [7, 11) is -9.92. The maximum Gasteiger partial charge on any atom is 0.472 e. The Balaban J connectivity index is 5.18. The average molecular weight is 1470 g/mol. The molecule has 5 unspecified atom stereocenters. The van der Waals surface area contributed by atoms with Gasteiger partial charge in [-0.25, -0.2) is 9.13 Å². The lowest BCUT2D eigenvalue weighted by atomic mass is 9.99. The summed E-state index contributed by atoms with van der Waals surface area (Å²) in [5.41, 5.74) is 0. The Labute approximate surface area is 613 Å². The number of carbonyl (C=O) groups excluding carboxylic acids is 4. The summed E-state index contributed by atoms with van der Waals surface area (Å²) >= 11 is 0. The van der Waals surface area contributed by atoms with Crippen LogP contribution in [0.1, 0.15) is 415 Å². The Morgan fingerprint density at radius 1 is 0.280 bits per heavy atom. The molecule has 0 amide bonds. The average Bonchev–Trinajstić information content (AvgIpc) is 0.920. The van der Waals surface area contributed by atoms with E-state index in [4.69, 9.17) is 37.0 Å². The van der Waals surface area contributed by atoms with E-state index in [9.17, 15) is 43.2 Å². The molecule has 0 fully saturated rings. The van der Waals surface area contributed by atoms with Crippen molar-refractivity contribution < 1.29 is 80.2 Å². The van der Waals surface area contributed by atoms with Gasteiger partial charge in [0.15, 0.2) is 12.2 Å². The van der Waals surface area contributed by atoms with E-state index in [0.29, 0.717) is 25.7 Å². The van der Waals surface area contributed by atoms with Gasteiger partial charge in [0.1, 0.15) is 19.3 Å². The topological polar surface area (TPSA) is 237 Å². The second kappa shape index (κ2) is 70.1. The zero-order chi connectivity index (χ0) is 73.8. The van der Waals surface area contributed by atoms with Crippen molar-refractivity contribution in [2.24, 2.45) is 23.7 Å². The summed E-state index contributed by atoms with van der Waals surface area (Å²) in [4.78, 5) is 73.0. The van der Waals surface area contributed by atoms with E-state index in [0.717, 1.165) is 120 Å². The Morgan fingerprint density at radius 3 is 0.710 bits per heavy atom. The van der Waals surface area contributed by atoms with Gasteiger partial charge < -0.3 is 33.8 Å². The summed E-state index contributed by atoms with van der Waals surface area (Å²) in [5.74, 6) is 1.04. The normalized spacial score (nSPS) is 14.8. The van der Waals surface area contributed by atoms with Crippen molar-refractivity contribution in [2.75, 3.05) is 39.6 Å². The van der Waals surface area contributed by atoms with Crippen LogP contribution in [0.5, 0.6) is 0 Å². The molecule has 0 bridgehead atoms. The van der Waals surface area contributed by atoms with E-state index < -0.39 is 97.5 Å². The van der Waals surface area contributed by atoms with E-state index in [1.165, 1.54) is 212 Å². The maximum absolute atomic E-state index is 13.1. The van der Waals surface area contributed by atoms with Gasteiger partial charge in [0.05, 0.1) is 26.4 Å². The molecule has 19 heteroatoms. The lowest BCUT2D eigenvalue weighted by Crippen LogP contribution is -2.30. The van der Waals surface area contributed by atoms with E-state index in [1.54, 1.807) is 0 Å². The van der Waals surface area contributed by atoms with Crippen molar-refractivity contribution in [2.45, 2.75) is 433 Å². The highest BCUT2D eigenvalue weighted by atomic mass is 31.2. The Morgan fingerprint density at radius 2 is 0.480 bits per heavy atom. The Kier molecular flexibility index (Phi) is 68.7. The summed E-state index contributed by atoms with van der Waals surface area (Å²) in [5, 5.41) is 10.6. The molecule has 0 spiro atoms. The third-order valence-corrected chi connectivity index (χ3v) is 21.8. The highest BCUT2D eigenvalue weighted by Crippen LogP contribution is 2.45. The fraction of sp³-hybridized carbons (Fsp3) is 0.951. The second-order valence-electron chi connectivity index (χ2n) is 30.4. The standard InChI is InChI=1S/C81H158O17P2/c1-9-72(6)58-50-42-34-28-24-20-16-14-12-13-15-17-21-26-30-37-47-55-63-80(85)97-77(68-92-79(84)62-54-46-40-39-44-52-60-74(8)11-3)70-96-100(89,90)94-66-75(82)65-93-99(87,88)95-69-76(98-81(86)64-56-48-38-32-31-35-43-51-59-73(7)10-2)67-91-78(83)61-53-45-36-29-25-22-18-19-23-27-33-41-49-57-71(4)5/h71-77,82H,9-70H2,1-8H3,(H,87,88)(H,89,90)/t72?,73?,74?,75-,76-,77-/m1/s1. The number of hydrogen-bond donors (Lipinski definition) is 3. The molecule has 0 aromatic carbocycles. The first-order valence-corrected chi connectivity index (χ1v) is 44.8. The fourth-order valence-corrected chi connectivity index (χ4v) is 13.9. The highest BCUT2D eigenvalue weighted by Gasteiger charge is 2.30. The Hall–Kier alpha value is -1.94. The van der Waals surface area contributed by atoms with Crippen LogP contribution in [0.3, 0.4) is 0 Å². The molecular formula is C81H158O17P2. The molecule has 0 saturated carbocycles. The monoisotopic (exact) mass is 1470 g/mol. The van der Waals surface area contributed by atoms with E-state index in [-0.39, 0.29) is 25.7 Å². The molecule has 0 rings (SSSR count). The predicted molar refractivity (Wildman–Crippen MR) is 409 cm³/mol. The number of esters is 4. The SMILES string of the molecule is CCC(C)CCCCCCCCCCCCCCCCCCCCC(=O)O[C@H](COC(=O)CCCCCCCCC(C)CC)COP(=O)(O)OC[C@H](O)COP(=O)(O)OC[C@@H](COC(=O)CCCCCCCCCCCCCCCC(C)C)OC(=O)CCCCCCCCCCC(C)CC. The summed E-state index contributed by atoms with van der Waals surface area (Å²) in [6, 6.07) is 0. The first-order valence-electron chi connectivity index (χ1n) is 41.8. The second-order valence-corrected chi connectivity index (χ2v) is 33.3. The smallest absolute Gasteiger partial charge is 0.462 e. The van der Waals surface area contributed by atoms with Crippen molar-refractivity contribution in [1.29, 1.82) is 0 Å². The molecule has 0 heterocycles. The molecule has 8 atom stereocenters. The fourth-order valence-electron chi connectivity index (χ4n) is 12.3. The molecule has 0 aromatic rings. The molecule has 100 heavy (non-hydrogen) atoms. The van der Waals surface area contributed by atoms with Gasteiger partial charge in [-0.15, -0.1) is 0 Å². The van der Waals surface area contributed by atoms with Crippen molar-refractivity contribution in [3.05, 3.63) is 0 Å². The molecule has 0 saturated heterocycles. The summed E-state index contributed by atoms with van der Waals surface area (Å²) in [6.07, 6.45) is 56.9. The minimum absolute atomic E-state index is 0.105. The number of hydrogen-bond acceptors (Lipinski definition) is 15. The van der Waals surface area contributed by atoms with Crippen molar-refractivity contribution in [1.82, 2.24) is 0 Å². The molecular weight excluding hydrogens is 1310 g/mol. The van der Waals surface area contributed by atoms with Gasteiger partial charge >= 0.3 is 39.5 Å². The number of phosphoric ester groups is 2. The van der Waals surface area contributed by atoms with E-state index in [2.05, 4.69) is 55.4 Å². The summed E-state index contributed by atoms with van der Waals surface area (Å²) < 4.78 is 68.7. The number of phosphoric acid groups is 2. The molecule has 594 valence electrons. The number of aliphatic hydroxyl groups excluding tert-OH is 1. The minimum atomic E-state index is -4.96. The number of unbranched alkanes of at least 4 members (excludes halogenated alkanes) is 41. The van der Waals surface area contributed by atoms with Crippen molar-refractivity contribution >= 4 is 39.5 Å². The van der Waals surface area contributed by atoms with Gasteiger partial charge in [-0.1, -0.05) is 364 Å². The number of aliphatic hydroxyl groups is 1. The predicted octanol–water partition coefficient (Wildman–Crippen LogP) is 24.0. The quantitative estimate of drug-likeness (QED) is 0.0222. The maximum atomic E-state index is 13.1. The van der Waals surface area contributed by atoms with Crippen LogP contribution in [-0.2, 0) is 65.4 Å². The van der Waals surface area contributed by atoms with Gasteiger partial charge in [0, 0.05) is 25.7 Å². The molecule has 0 aliphatic heterocycles. The number of rotatable bonds is 78. The van der Waals surface area contributed by atoms with Crippen molar-refractivity contribution in [3.8, 4) is 0 Å². The molecule has 0 aliphatic carbocycles. The van der Waals surface area contributed by atoms with Crippen LogP contribution in [0.25, 0.3) is 0 Å². The van der Waals surface area contributed by atoms with E-state index >= 15 is 0 Å². The van der Waals surface area contributed by atoms with Crippen LogP contribution in [0, 0.1) is 23.7 Å². The van der Waals surface area contributed by atoms with Crippen LogP contribution < -0.4 is 0 Å². The zero-order valence-electron chi connectivity index (χ0n) is 65.8. The lowest BCUT2D eigenvalue weighted by molar-refractivity contribution is -0.161. The van der Waals surface area contributed by atoms with Crippen LogP contribution in [-0.4, -0.2) is 96.7 Å². The van der Waals surface area contributed by atoms with E-state index in [1.807, 2.05) is 0 Å². The van der Waals surface area contributed by atoms with Crippen LogP contribution in [0.4, 0.5) is 0 Å². The third-order valence-electron chi connectivity index (χ3n) is 19.9. The number of carbonyl (C=O) groups is 4. The third kappa shape index (κ3) is 70.4. The van der Waals surface area contributed by atoms with Crippen molar-refractivity contribution in [3.63, 3.8) is 0 Å². The Bertz CT molecular complexity index is 1960. The van der Waals surface area contributed by atoms with Gasteiger partial charge in [0.25, 0.3) is 0 Å². The zero-order valence-corrected chi connectivity index (χ0v) is 67.6. The van der Waals surface area contributed by atoms with Crippen LogP contribution >= 0.6 is 15.6 Å². The highest BCUT2D eigenvalue weighted by molar-refractivity contribution is 7.47. The number of ether oxygens (including phenoxy) is 4. The molecule has 0 radical (unpaired) electrons. The first-order chi connectivity index (χ1) is 48.2. The molecule has 0 aromatic heterocycles.